The van der Waals surface area contributed by atoms with Gasteiger partial charge in [-0.3, -0.25) is 0 Å². The van der Waals surface area contributed by atoms with Gasteiger partial charge in [0, 0.05) is 6.42 Å². The van der Waals surface area contributed by atoms with Gasteiger partial charge in [0.1, 0.15) is 5.82 Å². The molecule has 0 aliphatic rings. The Kier molecular flexibility index (Phi) is 4.42. The summed E-state index contributed by atoms with van der Waals surface area (Å²) in [6, 6.07) is 0.385. The van der Waals surface area contributed by atoms with E-state index in [1.54, 1.807) is 0 Å². The molecule has 0 bridgehead atoms. The van der Waals surface area contributed by atoms with Crippen molar-refractivity contribution in [3.63, 3.8) is 0 Å². The zero-order chi connectivity index (χ0) is 12.1. The number of hydrogen-bond acceptors (Lipinski definition) is 6. The summed E-state index contributed by atoms with van der Waals surface area (Å²) in [5.74, 6) is 0.610. The van der Waals surface area contributed by atoms with Gasteiger partial charge in [-0.1, -0.05) is 13.8 Å². The van der Waals surface area contributed by atoms with E-state index in [2.05, 4.69) is 15.0 Å². The number of aliphatic hydroxyl groups excluding tert-OH is 1. The molecule has 90 valence electrons. The van der Waals surface area contributed by atoms with Gasteiger partial charge in [0.05, 0.1) is 20.3 Å². The minimum atomic E-state index is -0.489. The fourth-order valence-electron chi connectivity index (χ4n) is 1.07. The quantitative estimate of drug-likeness (QED) is 0.786. The molecule has 1 aromatic heterocycles. The third-order valence-corrected chi connectivity index (χ3v) is 2.17. The number of ether oxygens (including phenoxy) is 2. The Labute approximate surface area is 94.7 Å². The number of aliphatic hydroxyl groups is 1. The van der Waals surface area contributed by atoms with Crippen molar-refractivity contribution in [1.29, 1.82) is 0 Å². The highest BCUT2D eigenvalue weighted by molar-refractivity contribution is 5.05. The molecule has 0 saturated carbocycles. The second-order valence-electron chi connectivity index (χ2n) is 3.74. The van der Waals surface area contributed by atoms with Crippen molar-refractivity contribution in [2.24, 2.45) is 5.92 Å². The normalized spacial score (nSPS) is 12.6. The topological polar surface area (TPSA) is 77.4 Å². The Bertz CT molecular complexity index is 322. The monoisotopic (exact) mass is 227 g/mol. The van der Waals surface area contributed by atoms with Gasteiger partial charge in [0.15, 0.2) is 0 Å². The summed E-state index contributed by atoms with van der Waals surface area (Å²) < 4.78 is 9.83. The summed E-state index contributed by atoms with van der Waals surface area (Å²) in [5, 5.41) is 9.73. The fraction of sp³-hybridized carbons (Fsp3) is 0.700. The van der Waals surface area contributed by atoms with Crippen LogP contribution < -0.4 is 9.47 Å². The summed E-state index contributed by atoms with van der Waals surface area (Å²) >= 11 is 0. The zero-order valence-corrected chi connectivity index (χ0v) is 9.97. The largest absolute Gasteiger partial charge is 0.467 e. The predicted octanol–water partition coefficient (Wildman–Crippen LogP) is 0.448. The van der Waals surface area contributed by atoms with Crippen LogP contribution in [0.1, 0.15) is 19.7 Å². The second-order valence-corrected chi connectivity index (χ2v) is 3.74. The first kappa shape index (κ1) is 12.6. The lowest BCUT2D eigenvalue weighted by molar-refractivity contribution is 0.123. The van der Waals surface area contributed by atoms with Gasteiger partial charge < -0.3 is 14.6 Å². The van der Waals surface area contributed by atoms with Crippen LogP contribution in [0.15, 0.2) is 0 Å². The summed E-state index contributed by atoms with van der Waals surface area (Å²) in [7, 11) is 2.94. The second kappa shape index (κ2) is 5.60. The molecule has 0 aliphatic carbocycles. The van der Waals surface area contributed by atoms with E-state index in [0.29, 0.717) is 12.2 Å². The zero-order valence-electron chi connectivity index (χ0n) is 9.97. The van der Waals surface area contributed by atoms with E-state index in [9.17, 15) is 5.11 Å². The van der Waals surface area contributed by atoms with E-state index in [0.717, 1.165) is 0 Å². The van der Waals surface area contributed by atoms with Crippen LogP contribution in [-0.4, -0.2) is 40.4 Å². The summed E-state index contributed by atoms with van der Waals surface area (Å²) in [4.78, 5) is 11.9. The molecule has 1 rings (SSSR count). The maximum Gasteiger partial charge on any atom is 0.322 e. The van der Waals surface area contributed by atoms with Crippen molar-refractivity contribution < 1.29 is 14.6 Å². The Hall–Kier alpha value is -1.43. The molecule has 6 nitrogen and oxygen atoms in total. The molecule has 1 atom stereocenters. The predicted molar refractivity (Wildman–Crippen MR) is 57.5 cm³/mol. The molecule has 0 saturated heterocycles. The lowest BCUT2D eigenvalue weighted by Crippen LogP contribution is -2.19. The van der Waals surface area contributed by atoms with Gasteiger partial charge in [-0.2, -0.15) is 9.97 Å². The molecule has 1 heterocycles. The minimum Gasteiger partial charge on any atom is -0.467 e. The third kappa shape index (κ3) is 3.30. The highest BCUT2D eigenvalue weighted by Gasteiger charge is 2.14. The van der Waals surface area contributed by atoms with Crippen molar-refractivity contribution in [2.45, 2.75) is 26.4 Å². The lowest BCUT2D eigenvalue weighted by atomic mass is 10.0. The van der Waals surface area contributed by atoms with Gasteiger partial charge in [0.25, 0.3) is 0 Å². The molecule has 16 heavy (non-hydrogen) atoms. The first-order valence-electron chi connectivity index (χ1n) is 5.07. The number of hydrogen-bond donors (Lipinski definition) is 1. The molecule has 0 spiro atoms. The van der Waals surface area contributed by atoms with E-state index in [1.165, 1.54) is 14.2 Å². The van der Waals surface area contributed by atoms with Crippen LogP contribution in [0, 0.1) is 5.92 Å². The lowest BCUT2D eigenvalue weighted by Gasteiger charge is -2.13. The van der Waals surface area contributed by atoms with E-state index < -0.39 is 6.10 Å². The Morgan fingerprint density at radius 3 is 1.94 bits per heavy atom. The molecule has 1 unspecified atom stereocenters. The van der Waals surface area contributed by atoms with Gasteiger partial charge in [-0.25, -0.2) is 0 Å². The van der Waals surface area contributed by atoms with Crippen LogP contribution >= 0.6 is 0 Å². The van der Waals surface area contributed by atoms with Gasteiger partial charge in [-0.05, 0) is 5.92 Å². The summed E-state index contributed by atoms with van der Waals surface area (Å²) in [5.41, 5.74) is 0. The SMILES string of the molecule is COc1nc(CC(O)C(C)C)nc(OC)n1. The standard InChI is InChI=1S/C10H17N3O3/c1-6(2)7(14)5-8-11-9(15-3)13-10(12-8)16-4/h6-7,14H,5H2,1-4H3. The smallest absolute Gasteiger partial charge is 0.322 e. The molecule has 0 aliphatic heterocycles. The van der Waals surface area contributed by atoms with E-state index in [4.69, 9.17) is 9.47 Å². The Morgan fingerprint density at radius 2 is 1.56 bits per heavy atom. The molecule has 6 heteroatoms. The van der Waals surface area contributed by atoms with Gasteiger partial charge in [-0.15, -0.1) is 4.98 Å². The fourth-order valence-corrected chi connectivity index (χ4v) is 1.07. The first-order valence-corrected chi connectivity index (χ1v) is 5.07. The molecule has 1 N–H and O–H groups in total. The first-order chi connectivity index (χ1) is 7.56. The van der Waals surface area contributed by atoms with Gasteiger partial charge >= 0.3 is 12.0 Å². The van der Waals surface area contributed by atoms with Crippen molar-refractivity contribution in [1.82, 2.24) is 15.0 Å². The van der Waals surface area contributed by atoms with Crippen LogP contribution in [0.2, 0.25) is 0 Å². The number of methoxy groups -OCH3 is 2. The minimum absolute atomic E-state index is 0.147. The number of nitrogens with zero attached hydrogens (tertiary/aromatic N) is 3. The van der Waals surface area contributed by atoms with Crippen molar-refractivity contribution in [2.75, 3.05) is 14.2 Å². The molecule has 1 aromatic rings. The molecular weight excluding hydrogens is 210 g/mol. The Morgan fingerprint density at radius 1 is 1.06 bits per heavy atom. The maximum absolute atomic E-state index is 9.73. The average molecular weight is 227 g/mol. The van der Waals surface area contributed by atoms with Crippen molar-refractivity contribution in [3.8, 4) is 12.0 Å². The van der Waals surface area contributed by atoms with Crippen LogP contribution in [0.4, 0.5) is 0 Å². The van der Waals surface area contributed by atoms with Gasteiger partial charge in [0.2, 0.25) is 0 Å². The highest BCUT2D eigenvalue weighted by atomic mass is 16.5. The molecule has 0 amide bonds. The van der Waals surface area contributed by atoms with Crippen LogP contribution in [0.25, 0.3) is 0 Å². The number of rotatable bonds is 5. The molecule has 0 radical (unpaired) electrons. The maximum atomic E-state index is 9.73. The van der Waals surface area contributed by atoms with Crippen molar-refractivity contribution in [3.05, 3.63) is 5.82 Å². The number of aromatic nitrogens is 3. The van der Waals surface area contributed by atoms with E-state index in [1.807, 2.05) is 13.8 Å². The van der Waals surface area contributed by atoms with Crippen LogP contribution in [0.5, 0.6) is 12.0 Å². The highest BCUT2D eigenvalue weighted by Crippen LogP contribution is 2.12. The van der Waals surface area contributed by atoms with E-state index in [-0.39, 0.29) is 17.9 Å². The molecular formula is C10H17N3O3. The van der Waals surface area contributed by atoms with Crippen LogP contribution in [-0.2, 0) is 6.42 Å². The third-order valence-electron chi connectivity index (χ3n) is 2.17. The summed E-state index contributed by atoms with van der Waals surface area (Å²) in [6.07, 6.45) is -0.135. The summed E-state index contributed by atoms with van der Waals surface area (Å²) in [6.45, 7) is 3.86. The average Bonchev–Trinajstić information content (AvgIpc) is 2.28. The van der Waals surface area contributed by atoms with Crippen molar-refractivity contribution >= 4 is 0 Å². The Balaban J connectivity index is 2.86. The molecule has 0 aromatic carbocycles. The van der Waals surface area contributed by atoms with Crippen LogP contribution in [0.3, 0.4) is 0 Å². The van der Waals surface area contributed by atoms with E-state index >= 15 is 0 Å². The molecule has 0 fully saturated rings.